The number of nitrogens with one attached hydrogen (secondary N) is 5. The molecule has 2 amide bonds. The summed E-state index contributed by atoms with van der Waals surface area (Å²) in [4.78, 5) is 48.9. The van der Waals surface area contributed by atoms with Crippen molar-refractivity contribution in [3.63, 3.8) is 0 Å². The predicted octanol–water partition coefficient (Wildman–Crippen LogP) is 3.54. The maximum Gasteiger partial charge on any atom is 0.326 e. The first kappa shape index (κ1) is 27.8. The van der Waals surface area contributed by atoms with E-state index in [1.165, 1.54) is 0 Å². The van der Waals surface area contributed by atoms with Crippen LogP contribution < -0.4 is 16.4 Å². The van der Waals surface area contributed by atoms with Crippen molar-refractivity contribution in [2.24, 2.45) is 5.73 Å². The lowest BCUT2D eigenvalue weighted by Crippen LogP contribution is -2.55. The van der Waals surface area contributed by atoms with Crippen molar-refractivity contribution in [1.82, 2.24) is 25.6 Å². The van der Waals surface area contributed by atoms with Crippen molar-refractivity contribution in [2.45, 2.75) is 37.4 Å². The third-order valence-electron chi connectivity index (χ3n) is 7.90. The number of benzene rings is 3. The Morgan fingerprint density at radius 1 is 0.605 bits per heavy atom. The van der Waals surface area contributed by atoms with Crippen LogP contribution in [0, 0.1) is 0 Å². The summed E-state index contributed by atoms with van der Waals surface area (Å²) in [5.41, 5.74) is 11.5. The highest BCUT2D eigenvalue weighted by Gasteiger charge is 2.30. The number of carbonyl (C=O) groups excluding carboxylic acids is 2. The molecule has 6 aromatic rings. The second kappa shape index (κ2) is 11.9. The molecular formula is C33H32N6O4. The summed E-state index contributed by atoms with van der Waals surface area (Å²) in [6.45, 7) is 0. The van der Waals surface area contributed by atoms with E-state index in [1.807, 2.05) is 79.0 Å². The fraction of sp³-hybridized carbons (Fsp3) is 0.182. The molecule has 0 aliphatic carbocycles. The summed E-state index contributed by atoms with van der Waals surface area (Å²) in [7, 11) is 0. The largest absolute Gasteiger partial charge is 0.480 e. The fourth-order valence-corrected chi connectivity index (χ4v) is 5.63. The van der Waals surface area contributed by atoms with Gasteiger partial charge in [0, 0.05) is 64.1 Å². The van der Waals surface area contributed by atoms with Gasteiger partial charge in [0.1, 0.15) is 12.1 Å². The van der Waals surface area contributed by atoms with Gasteiger partial charge in [-0.25, -0.2) is 4.79 Å². The Kier molecular flexibility index (Phi) is 7.67. The summed E-state index contributed by atoms with van der Waals surface area (Å²) in [6.07, 6.45) is 5.84. The minimum Gasteiger partial charge on any atom is -0.480 e. The van der Waals surface area contributed by atoms with Crippen LogP contribution >= 0.6 is 0 Å². The van der Waals surface area contributed by atoms with Gasteiger partial charge in [0.25, 0.3) is 0 Å². The molecule has 0 bridgehead atoms. The first-order valence-corrected chi connectivity index (χ1v) is 14.1. The number of carboxylic acid groups (broad SMARTS) is 1. The molecule has 218 valence electrons. The molecule has 10 heteroatoms. The van der Waals surface area contributed by atoms with Gasteiger partial charge < -0.3 is 36.4 Å². The van der Waals surface area contributed by atoms with Crippen LogP contribution in [0.15, 0.2) is 91.4 Å². The Bertz CT molecular complexity index is 1940. The molecule has 0 saturated carbocycles. The summed E-state index contributed by atoms with van der Waals surface area (Å²) in [5.74, 6) is -2.29. The van der Waals surface area contributed by atoms with Crippen LogP contribution in [0.5, 0.6) is 0 Å². The average Bonchev–Trinajstić information content (AvgIpc) is 3.74. The molecule has 8 N–H and O–H groups in total. The van der Waals surface area contributed by atoms with Crippen LogP contribution in [-0.2, 0) is 33.6 Å². The van der Waals surface area contributed by atoms with E-state index in [9.17, 15) is 19.5 Å². The van der Waals surface area contributed by atoms with Gasteiger partial charge in [0.2, 0.25) is 11.8 Å². The molecule has 0 spiro atoms. The van der Waals surface area contributed by atoms with E-state index in [0.717, 1.165) is 49.4 Å². The van der Waals surface area contributed by atoms with Gasteiger partial charge in [-0.15, -0.1) is 0 Å². The number of hydrogen-bond acceptors (Lipinski definition) is 4. The van der Waals surface area contributed by atoms with Crippen molar-refractivity contribution in [2.75, 3.05) is 0 Å². The van der Waals surface area contributed by atoms with E-state index >= 15 is 0 Å². The van der Waals surface area contributed by atoms with E-state index in [0.29, 0.717) is 0 Å². The third-order valence-corrected chi connectivity index (χ3v) is 7.90. The Balaban J connectivity index is 1.22. The number of rotatable bonds is 11. The van der Waals surface area contributed by atoms with Gasteiger partial charge in [-0.05, 0) is 41.3 Å². The number of amides is 2. The molecule has 10 nitrogen and oxygen atoms in total. The monoisotopic (exact) mass is 576 g/mol. The van der Waals surface area contributed by atoms with Crippen molar-refractivity contribution in [3.8, 4) is 0 Å². The second-order valence-electron chi connectivity index (χ2n) is 10.8. The summed E-state index contributed by atoms with van der Waals surface area (Å²) < 4.78 is 0. The Morgan fingerprint density at radius 3 is 1.47 bits per heavy atom. The van der Waals surface area contributed by atoms with Crippen LogP contribution in [0.2, 0.25) is 0 Å². The Hall–Kier alpha value is -5.35. The summed E-state index contributed by atoms with van der Waals surface area (Å²) >= 11 is 0. The van der Waals surface area contributed by atoms with E-state index in [1.54, 1.807) is 12.4 Å². The predicted molar refractivity (Wildman–Crippen MR) is 165 cm³/mol. The standard InChI is InChI=1S/C33H32N6O4/c34-25(13-19-16-35-26-10-4-1-7-22(19)26)31(40)38-29(14-20-17-36-27-11-5-2-8-23(20)27)32(41)39-30(33(42)43)15-21-18-37-28-12-6-3-9-24(21)28/h1-12,16-18,25,29-30,35-37H,13-15,34H2,(H,38,40)(H,39,41)(H,42,43)/t25-,29-,30-/m1/s1. The van der Waals surface area contributed by atoms with E-state index < -0.39 is 35.9 Å². The second-order valence-corrected chi connectivity index (χ2v) is 10.8. The first-order valence-electron chi connectivity index (χ1n) is 14.1. The Morgan fingerprint density at radius 2 is 1.00 bits per heavy atom. The maximum atomic E-state index is 13.7. The van der Waals surface area contributed by atoms with E-state index in [-0.39, 0.29) is 19.3 Å². The molecule has 43 heavy (non-hydrogen) atoms. The molecule has 0 saturated heterocycles. The van der Waals surface area contributed by atoms with Crippen LogP contribution in [0.4, 0.5) is 0 Å². The smallest absolute Gasteiger partial charge is 0.326 e. The first-order chi connectivity index (χ1) is 20.9. The van der Waals surface area contributed by atoms with Gasteiger partial charge in [-0.3, -0.25) is 9.59 Å². The summed E-state index contributed by atoms with van der Waals surface area (Å²) in [5, 5.41) is 18.3. The van der Waals surface area contributed by atoms with Crippen LogP contribution in [0.1, 0.15) is 16.7 Å². The van der Waals surface area contributed by atoms with Gasteiger partial charge in [-0.1, -0.05) is 54.6 Å². The van der Waals surface area contributed by atoms with Gasteiger partial charge in [0.05, 0.1) is 6.04 Å². The minimum atomic E-state index is -1.21. The van der Waals surface area contributed by atoms with Crippen molar-refractivity contribution in [1.29, 1.82) is 0 Å². The number of para-hydroxylation sites is 3. The molecule has 3 aromatic heterocycles. The number of carboxylic acids is 1. The van der Waals surface area contributed by atoms with Gasteiger partial charge >= 0.3 is 5.97 Å². The number of aromatic nitrogens is 3. The number of aromatic amines is 3. The molecule has 0 fully saturated rings. The molecule has 6 rings (SSSR count). The molecule has 0 unspecified atom stereocenters. The summed E-state index contributed by atoms with van der Waals surface area (Å²) in [6, 6.07) is 19.7. The van der Waals surface area contributed by atoms with Crippen molar-refractivity contribution in [3.05, 3.63) is 108 Å². The SMILES string of the molecule is N[C@H](Cc1c[nH]c2ccccc12)C(=O)N[C@H](Cc1c[nH]c2ccccc12)C(=O)N[C@H](Cc1c[nH]c2ccccc12)C(=O)O. The van der Waals surface area contributed by atoms with Gasteiger partial charge in [0.15, 0.2) is 0 Å². The number of nitrogens with two attached hydrogens (primary N) is 1. The minimum absolute atomic E-state index is 0.0684. The Labute approximate surface area is 246 Å². The van der Waals surface area contributed by atoms with Crippen LogP contribution in [0.3, 0.4) is 0 Å². The zero-order chi connectivity index (χ0) is 29.9. The number of H-pyrrole nitrogens is 3. The molecule has 3 aromatic carbocycles. The fourth-order valence-electron chi connectivity index (χ4n) is 5.63. The quantitative estimate of drug-likeness (QED) is 0.125. The number of fused-ring (bicyclic) bond motifs is 3. The zero-order valence-electron chi connectivity index (χ0n) is 23.3. The van der Waals surface area contributed by atoms with Crippen molar-refractivity contribution >= 4 is 50.5 Å². The topological polar surface area (TPSA) is 169 Å². The number of aliphatic carboxylic acids is 1. The van der Waals surface area contributed by atoms with Crippen LogP contribution in [0.25, 0.3) is 32.7 Å². The van der Waals surface area contributed by atoms with E-state index in [2.05, 4.69) is 25.6 Å². The van der Waals surface area contributed by atoms with Gasteiger partial charge in [-0.2, -0.15) is 0 Å². The molecule has 3 heterocycles. The highest BCUT2D eigenvalue weighted by Crippen LogP contribution is 2.22. The average molecular weight is 577 g/mol. The zero-order valence-corrected chi connectivity index (χ0v) is 23.3. The molecule has 0 aliphatic rings. The lowest BCUT2D eigenvalue weighted by molar-refractivity contribution is -0.142. The normalized spacial score (nSPS) is 13.6. The van der Waals surface area contributed by atoms with Crippen LogP contribution in [-0.4, -0.2) is 56.0 Å². The lowest BCUT2D eigenvalue weighted by atomic mass is 10.0. The molecule has 0 aliphatic heterocycles. The lowest BCUT2D eigenvalue weighted by Gasteiger charge is -2.23. The maximum absolute atomic E-state index is 13.7. The highest BCUT2D eigenvalue weighted by atomic mass is 16.4. The van der Waals surface area contributed by atoms with E-state index in [4.69, 9.17) is 5.73 Å². The number of carbonyl (C=O) groups is 3. The molecule has 0 radical (unpaired) electrons. The highest BCUT2D eigenvalue weighted by molar-refractivity contribution is 5.94. The van der Waals surface area contributed by atoms with Crippen molar-refractivity contribution < 1.29 is 19.5 Å². The molecular weight excluding hydrogens is 544 g/mol. The third kappa shape index (κ3) is 5.86. The molecule has 3 atom stereocenters. The number of hydrogen-bond donors (Lipinski definition) is 7.